The average molecular weight is 338 g/mol. The summed E-state index contributed by atoms with van der Waals surface area (Å²) in [6, 6.07) is 11.5. The number of hydroxylamine groups is 2. The van der Waals surface area contributed by atoms with Gasteiger partial charge in [0.1, 0.15) is 0 Å². The number of hydrogen-bond acceptors (Lipinski definition) is 5. The van der Waals surface area contributed by atoms with Crippen molar-refractivity contribution in [2.45, 2.75) is 13.0 Å². The number of amides is 2. The second kappa shape index (κ2) is 6.52. The van der Waals surface area contributed by atoms with Crippen LogP contribution in [0.1, 0.15) is 22.3 Å². The maximum Gasteiger partial charge on any atom is 0.279 e. The van der Waals surface area contributed by atoms with Crippen LogP contribution in [0, 0.1) is 0 Å². The number of benzene rings is 1. The lowest BCUT2D eigenvalue weighted by Gasteiger charge is -2.30. The Labute approximate surface area is 145 Å². The Kier molecular flexibility index (Phi) is 4.07. The van der Waals surface area contributed by atoms with Crippen molar-refractivity contribution >= 4 is 23.3 Å². The van der Waals surface area contributed by atoms with Gasteiger partial charge in [-0.15, -0.1) is 0 Å². The smallest absolute Gasteiger partial charge is 0.279 e. The molecule has 2 aliphatic heterocycles. The molecule has 128 valence electrons. The van der Waals surface area contributed by atoms with E-state index in [2.05, 4.69) is 10.3 Å². The van der Waals surface area contributed by atoms with E-state index in [1.165, 1.54) is 11.3 Å². The molecule has 1 aromatic carbocycles. The Bertz CT molecular complexity index is 803. The van der Waals surface area contributed by atoms with Crippen molar-refractivity contribution in [3.8, 4) is 0 Å². The van der Waals surface area contributed by atoms with E-state index in [4.69, 9.17) is 4.84 Å². The van der Waals surface area contributed by atoms with E-state index >= 15 is 0 Å². The van der Waals surface area contributed by atoms with Gasteiger partial charge in [-0.25, -0.2) is 10.0 Å². The molecular weight excluding hydrogens is 320 g/mol. The van der Waals surface area contributed by atoms with E-state index < -0.39 is 0 Å². The molecule has 3 heterocycles. The van der Waals surface area contributed by atoms with Crippen molar-refractivity contribution in [2.24, 2.45) is 0 Å². The third-order valence-electron chi connectivity index (χ3n) is 4.28. The standard InChI is InChI=1S/C18H18N4O3/c23-16-11-20-17-15(21(16)12-13-5-2-1-3-6-13)9-14(10-19-17)18(24)22-7-4-8-25-22/h1-3,5-6,9-10H,4,7-8,11-12H2,(H,19,20). The van der Waals surface area contributed by atoms with Crippen molar-refractivity contribution in [1.29, 1.82) is 0 Å². The Morgan fingerprint density at radius 1 is 1.28 bits per heavy atom. The summed E-state index contributed by atoms with van der Waals surface area (Å²) in [6.07, 6.45) is 2.34. The minimum absolute atomic E-state index is 0.0554. The van der Waals surface area contributed by atoms with Gasteiger partial charge in [-0.05, 0) is 18.1 Å². The van der Waals surface area contributed by atoms with Gasteiger partial charge in [0.15, 0.2) is 5.82 Å². The molecule has 1 N–H and O–H groups in total. The van der Waals surface area contributed by atoms with Gasteiger partial charge in [0.05, 0.1) is 37.5 Å². The van der Waals surface area contributed by atoms with Gasteiger partial charge < -0.3 is 10.2 Å². The summed E-state index contributed by atoms with van der Waals surface area (Å²) >= 11 is 0. The molecule has 0 atom stereocenters. The molecular formula is C18H18N4O3. The van der Waals surface area contributed by atoms with E-state index in [0.29, 0.717) is 36.8 Å². The number of carbonyl (C=O) groups is 2. The number of carbonyl (C=O) groups excluding carboxylic acids is 2. The van der Waals surface area contributed by atoms with E-state index in [-0.39, 0.29) is 18.4 Å². The first-order valence-corrected chi connectivity index (χ1v) is 8.25. The molecule has 0 aliphatic carbocycles. The summed E-state index contributed by atoms with van der Waals surface area (Å²) in [5.74, 6) is 0.320. The molecule has 7 nitrogen and oxygen atoms in total. The SMILES string of the molecule is O=C(c1cnc2c(c1)N(Cc1ccccc1)C(=O)CN2)N1CCCO1. The van der Waals surface area contributed by atoms with Crippen LogP contribution in [0.5, 0.6) is 0 Å². The number of nitrogens with one attached hydrogen (secondary N) is 1. The van der Waals surface area contributed by atoms with Crippen molar-refractivity contribution < 1.29 is 14.4 Å². The highest BCUT2D eigenvalue weighted by atomic mass is 16.7. The first kappa shape index (κ1) is 15.6. The van der Waals surface area contributed by atoms with Crippen LogP contribution < -0.4 is 10.2 Å². The highest BCUT2D eigenvalue weighted by molar-refractivity contribution is 6.03. The maximum atomic E-state index is 12.5. The van der Waals surface area contributed by atoms with E-state index in [9.17, 15) is 9.59 Å². The number of rotatable bonds is 3. The fourth-order valence-electron chi connectivity index (χ4n) is 2.99. The average Bonchev–Trinajstić information content (AvgIpc) is 3.19. The number of pyridine rings is 1. The summed E-state index contributed by atoms with van der Waals surface area (Å²) in [7, 11) is 0. The van der Waals surface area contributed by atoms with Crippen molar-refractivity contribution in [3.63, 3.8) is 0 Å². The highest BCUT2D eigenvalue weighted by Gasteiger charge is 2.28. The third-order valence-corrected chi connectivity index (χ3v) is 4.28. The van der Waals surface area contributed by atoms with Gasteiger partial charge >= 0.3 is 0 Å². The quantitative estimate of drug-likeness (QED) is 0.924. The number of fused-ring (bicyclic) bond motifs is 1. The predicted molar refractivity (Wildman–Crippen MR) is 92.0 cm³/mol. The van der Waals surface area contributed by atoms with Crippen molar-refractivity contribution in [3.05, 3.63) is 53.7 Å². The molecule has 1 saturated heterocycles. The fourth-order valence-corrected chi connectivity index (χ4v) is 2.99. The minimum atomic E-state index is -0.231. The molecule has 2 aliphatic rings. The molecule has 1 aromatic heterocycles. The molecule has 7 heteroatoms. The van der Waals surface area contributed by atoms with Crippen molar-refractivity contribution in [1.82, 2.24) is 10.0 Å². The summed E-state index contributed by atoms with van der Waals surface area (Å²) in [4.78, 5) is 36.2. The van der Waals surface area contributed by atoms with E-state index in [1.54, 1.807) is 11.0 Å². The Morgan fingerprint density at radius 3 is 2.88 bits per heavy atom. The van der Waals surface area contributed by atoms with Crippen LogP contribution in [0.4, 0.5) is 11.5 Å². The lowest BCUT2D eigenvalue weighted by Crippen LogP contribution is -2.40. The largest absolute Gasteiger partial charge is 0.359 e. The van der Waals surface area contributed by atoms with Crippen molar-refractivity contribution in [2.75, 3.05) is 29.9 Å². The Balaban J connectivity index is 1.65. The van der Waals surface area contributed by atoms with Crippen LogP contribution in [0.2, 0.25) is 0 Å². The number of aromatic nitrogens is 1. The molecule has 0 saturated carbocycles. The highest BCUT2D eigenvalue weighted by Crippen LogP contribution is 2.30. The van der Waals surface area contributed by atoms with Crippen LogP contribution in [0.25, 0.3) is 0 Å². The fraction of sp³-hybridized carbons (Fsp3) is 0.278. The molecule has 2 amide bonds. The van der Waals surface area contributed by atoms with E-state index in [1.807, 2.05) is 30.3 Å². The van der Waals surface area contributed by atoms with Gasteiger partial charge in [-0.1, -0.05) is 30.3 Å². The predicted octanol–water partition coefficient (Wildman–Crippen LogP) is 1.82. The number of anilines is 2. The summed E-state index contributed by atoms with van der Waals surface area (Å²) in [5.41, 5.74) is 2.05. The molecule has 4 rings (SSSR count). The molecule has 2 aromatic rings. The second-order valence-electron chi connectivity index (χ2n) is 6.00. The summed E-state index contributed by atoms with van der Waals surface area (Å²) in [6.45, 7) is 1.74. The molecule has 0 unspecified atom stereocenters. The molecule has 25 heavy (non-hydrogen) atoms. The topological polar surface area (TPSA) is 74.8 Å². The van der Waals surface area contributed by atoms with Crippen LogP contribution in [-0.2, 0) is 16.2 Å². The molecule has 0 spiro atoms. The molecule has 0 bridgehead atoms. The molecule has 0 radical (unpaired) electrons. The van der Waals surface area contributed by atoms with Crippen LogP contribution >= 0.6 is 0 Å². The normalized spacial score (nSPS) is 16.6. The summed E-state index contributed by atoms with van der Waals surface area (Å²) in [5, 5.41) is 4.36. The summed E-state index contributed by atoms with van der Waals surface area (Å²) < 4.78 is 0. The zero-order chi connectivity index (χ0) is 17.2. The maximum absolute atomic E-state index is 12.5. The van der Waals surface area contributed by atoms with Crippen LogP contribution in [-0.4, -0.2) is 41.6 Å². The zero-order valence-corrected chi connectivity index (χ0v) is 13.6. The Morgan fingerprint density at radius 2 is 2.12 bits per heavy atom. The number of hydrogen-bond donors (Lipinski definition) is 1. The number of nitrogens with zero attached hydrogens (tertiary/aromatic N) is 3. The zero-order valence-electron chi connectivity index (χ0n) is 13.6. The van der Waals surface area contributed by atoms with E-state index in [0.717, 1.165) is 12.0 Å². The van der Waals surface area contributed by atoms with Crippen LogP contribution in [0.15, 0.2) is 42.6 Å². The first-order valence-electron chi connectivity index (χ1n) is 8.25. The van der Waals surface area contributed by atoms with Gasteiger partial charge in [-0.3, -0.25) is 14.4 Å². The minimum Gasteiger partial charge on any atom is -0.359 e. The monoisotopic (exact) mass is 338 g/mol. The van der Waals surface area contributed by atoms with Gasteiger partial charge in [-0.2, -0.15) is 0 Å². The third kappa shape index (κ3) is 3.06. The lowest BCUT2D eigenvalue weighted by atomic mass is 10.1. The molecule has 1 fully saturated rings. The Hall–Kier alpha value is -2.93. The second-order valence-corrected chi connectivity index (χ2v) is 6.00. The van der Waals surface area contributed by atoms with Gasteiger partial charge in [0, 0.05) is 6.20 Å². The van der Waals surface area contributed by atoms with Gasteiger partial charge in [0.25, 0.3) is 5.91 Å². The first-order chi connectivity index (χ1) is 12.2. The van der Waals surface area contributed by atoms with Crippen LogP contribution in [0.3, 0.4) is 0 Å². The van der Waals surface area contributed by atoms with Gasteiger partial charge in [0.2, 0.25) is 5.91 Å². The lowest BCUT2D eigenvalue weighted by molar-refractivity contribution is -0.117.